The summed E-state index contributed by atoms with van der Waals surface area (Å²) < 4.78 is 4.76. The van der Waals surface area contributed by atoms with Crippen LogP contribution in [-0.2, 0) is 0 Å². The molecule has 184 valence electrons. The minimum absolute atomic E-state index is 0.972. The topological polar surface area (TPSA) is 21.7 Å². The number of hydrogen-bond donors (Lipinski definition) is 0. The van der Waals surface area contributed by atoms with Gasteiger partial charge in [0, 0.05) is 10.8 Å². The molecular weight excluding hydrogens is 474 g/mol. The molecular formula is C36H25N3. The normalized spacial score (nSPS) is 12.5. The molecule has 0 spiro atoms. The molecule has 0 fully saturated rings. The van der Waals surface area contributed by atoms with E-state index in [4.69, 9.17) is 4.98 Å². The van der Waals surface area contributed by atoms with Crippen molar-refractivity contribution >= 4 is 65.7 Å². The highest BCUT2D eigenvalue weighted by molar-refractivity contribution is 6.20. The lowest BCUT2D eigenvalue weighted by Crippen LogP contribution is -1.91. The van der Waals surface area contributed by atoms with E-state index in [-0.39, 0.29) is 0 Å². The van der Waals surface area contributed by atoms with Crippen molar-refractivity contribution in [3.05, 3.63) is 114 Å². The number of imidazole rings is 2. The van der Waals surface area contributed by atoms with Crippen molar-refractivity contribution < 1.29 is 0 Å². The second-order valence-electron chi connectivity index (χ2n) is 11.2. The molecule has 0 aliphatic rings. The maximum absolute atomic E-state index is 5.26. The van der Waals surface area contributed by atoms with Crippen molar-refractivity contribution in [3.8, 4) is 11.1 Å². The average Bonchev–Trinajstić information content (AvgIpc) is 3.55. The quantitative estimate of drug-likeness (QED) is 0.220. The Kier molecular flexibility index (Phi) is 3.86. The van der Waals surface area contributed by atoms with E-state index in [0.717, 1.165) is 16.8 Å². The number of rotatable bonds is 1. The van der Waals surface area contributed by atoms with E-state index in [9.17, 15) is 0 Å². The van der Waals surface area contributed by atoms with Crippen molar-refractivity contribution in [1.82, 2.24) is 13.8 Å². The Balaban J connectivity index is 1.54. The largest absolute Gasteiger partial charge is 0.277 e. The summed E-state index contributed by atoms with van der Waals surface area (Å²) in [7, 11) is 0. The molecule has 0 aliphatic carbocycles. The Labute approximate surface area is 224 Å². The molecule has 39 heavy (non-hydrogen) atoms. The van der Waals surface area contributed by atoms with Crippen LogP contribution >= 0.6 is 0 Å². The highest BCUT2D eigenvalue weighted by Crippen LogP contribution is 2.42. The monoisotopic (exact) mass is 499 g/mol. The summed E-state index contributed by atoms with van der Waals surface area (Å²) in [4.78, 5) is 5.26. The van der Waals surface area contributed by atoms with Crippen molar-refractivity contribution in [2.75, 3.05) is 0 Å². The molecule has 6 aromatic carbocycles. The van der Waals surface area contributed by atoms with Gasteiger partial charge in [-0.05, 0) is 101 Å². The Bertz CT molecular complexity index is 2450. The fourth-order valence-electron chi connectivity index (χ4n) is 7.10. The summed E-state index contributed by atoms with van der Waals surface area (Å²) in [5, 5.41) is 7.52. The Morgan fingerprint density at radius 3 is 1.85 bits per heavy atom. The van der Waals surface area contributed by atoms with Gasteiger partial charge < -0.3 is 0 Å². The van der Waals surface area contributed by atoms with E-state index in [1.807, 2.05) is 0 Å². The van der Waals surface area contributed by atoms with Gasteiger partial charge in [-0.2, -0.15) is 0 Å². The van der Waals surface area contributed by atoms with Gasteiger partial charge in [0.25, 0.3) is 0 Å². The molecule has 0 amide bonds. The smallest absolute Gasteiger partial charge is 0.220 e. The molecule has 3 heterocycles. The van der Waals surface area contributed by atoms with E-state index in [1.165, 1.54) is 76.7 Å². The van der Waals surface area contributed by atoms with Crippen LogP contribution in [0.1, 0.15) is 16.7 Å². The van der Waals surface area contributed by atoms with Crippen LogP contribution < -0.4 is 0 Å². The third-order valence-corrected chi connectivity index (χ3v) is 8.62. The third kappa shape index (κ3) is 2.69. The highest BCUT2D eigenvalue weighted by atomic mass is 15.2. The summed E-state index contributed by atoms with van der Waals surface area (Å²) in [5.74, 6) is 0.972. The summed E-state index contributed by atoms with van der Waals surface area (Å²) in [6.07, 6.45) is 0. The van der Waals surface area contributed by atoms with Crippen LogP contribution in [0.3, 0.4) is 0 Å². The Morgan fingerprint density at radius 1 is 0.538 bits per heavy atom. The lowest BCUT2D eigenvalue weighted by Gasteiger charge is -2.12. The summed E-state index contributed by atoms with van der Waals surface area (Å²) in [6, 6.07) is 35.8. The number of aromatic nitrogens is 3. The lowest BCUT2D eigenvalue weighted by atomic mass is 9.92. The zero-order valence-corrected chi connectivity index (χ0v) is 22.1. The number of aryl methyl sites for hydroxylation is 3. The first-order valence-electron chi connectivity index (χ1n) is 13.6. The molecule has 0 saturated heterocycles. The van der Waals surface area contributed by atoms with Gasteiger partial charge in [-0.3, -0.25) is 8.80 Å². The molecule has 9 rings (SSSR count). The molecule has 0 saturated carbocycles. The highest BCUT2D eigenvalue weighted by Gasteiger charge is 2.23. The molecule has 3 aromatic heterocycles. The fourth-order valence-corrected chi connectivity index (χ4v) is 7.10. The van der Waals surface area contributed by atoms with E-state index in [0.29, 0.717) is 0 Å². The van der Waals surface area contributed by atoms with Crippen molar-refractivity contribution in [1.29, 1.82) is 0 Å². The van der Waals surface area contributed by atoms with Gasteiger partial charge in [-0.25, -0.2) is 4.98 Å². The molecule has 3 heteroatoms. The SMILES string of the molecule is Cc1cc(C)c(-c2cc3c4cc5ccccc5cc4n4c3c(c2)n2c3cc5ccccc5cc3nc24)c(C)c1. The van der Waals surface area contributed by atoms with Crippen LogP contribution in [0.5, 0.6) is 0 Å². The van der Waals surface area contributed by atoms with Crippen LogP contribution in [0.25, 0.3) is 76.8 Å². The first-order chi connectivity index (χ1) is 19.0. The maximum atomic E-state index is 5.26. The molecule has 0 radical (unpaired) electrons. The Hall–Kier alpha value is -4.89. The van der Waals surface area contributed by atoms with Gasteiger partial charge in [0.2, 0.25) is 5.78 Å². The van der Waals surface area contributed by atoms with Crippen molar-refractivity contribution in [3.63, 3.8) is 0 Å². The van der Waals surface area contributed by atoms with E-state index >= 15 is 0 Å². The van der Waals surface area contributed by atoms with Crippen LogP contribution in [-0.4, -0.2) is 13.8 Å². The summed E-state index contributed by atoms with van der Waals surface area (Å²) in [5.41, 5.74) is 12.3. The number of fused-ring (bicyclic) bond motifs is 10. The maximum Gasteiger partial charge on any atom is 0.220 e. The van der Waals surface area contributed by atoms with Crippen LogP contribution in [0.4, 0.5) is 0 Å². The number of nitrogens with zero attached hydrogens (tertiary/aromatic N) is 3. The zero-order chi connectivity index (χ0) is 26.0. The molecule has 0 bridgehead atoms. The molecule has 0 N–H and O–H groups in total. The first kappa shape index (κ1) is 21.1. The second-order valence-corrected chi connectivity index (χ2v) is 11.2. The molecule has 3 nitrogen and oxygen atoms in total. The van der Waals surface area contributed by atoms with Gasteiger partial charge in [0.15, 0.2) is 0 Å². The second kappa shape index (κ2) is 7.15. The molecule has 9 aromatic rings. The van der Waals surface area contributed by atoms with Gasteiger partial charge >= 0.3 is 0 Å². The molecule has 0 aliphatic heterocycles. The van der Waals surface area contributed by atoms with E-state index < -0.39 is 0 Å². The van der Waals surface area contributed by atoms with Crippen LogP contribution in [0, 0.1) is 20.8 Å². The minimum atomic E-state index is 0.972. The number of hydrogen-bond acceptors (Lipinski definition) is 1. The lowest BCUT2D eigenvalue weighted by molar-refractivity contribution is 1.22. The van der Waals surface area contributed by atoms with Crippen LogP contribution in [0.2, 0.25) is 0 Å². The molecule has 0 atom stereocenters. The van der Waals surface area contributed by atoms with Gasteiger partial charge in [-0.1, -0.05) is 66.2 Å². The molecule has 0 unspecified atom stereocenters. The predicted molar refractivity (Wildman–Crippen MR) is 165 cm³/mol. The zero-order valence-electron chi connectivity index (χ0n) is 22.1. The van der Waals surface area contributed by atoms with Gasteiger partial charge in [0.05, 0.1) is 27.6 Å². The predicted octanol–water partition coefficient (Wildman–Crippen LogP) is 9.38. The van der Waals surface area contributed by atoms with Gasteiger partial charge in [0.1, 0.15) is 0 Å². The average molecular weight is 500 g/mol. The first-order valence-corrected chi connectivity index (χ1v) is 13.6. The van der Waals surface area contributed by atoms with Crippen molar-refractivity contribution in [2.24, 2.45) is 0 Å². The van der Waals surface area contributed by atoms with E-state index in [2.05, 4.69) is 127 Å². The summed E-state index contributed by atoms with van der Waals surface area (Å²) >= 11 is 0. The van der Waals surface area contributed by atoms with Crippen LogP contribution in [0.15, 0.2) is 97.1 Å². The van der Waals surface area contributed by atoms with Crippen molar-refractivity contribution in [2.45, 2.75) is 20.8 Å². The number of benzene rings is 6. The fraction of sp³-hybridized carbons (Fsp3) is 0.0833. The third-order valence-electron chi connectivity index (χ3n) is 8.62. The van der Waals surface area contributed by atoms with E-state index in [1.54, 1.807) is 0 Å². The summed E-state index contributed by atoms with van der Waals surface area (Å²) in [6.45, 7) is 6.65. The minimum Gasteiger partial charge on any atom is -0.277 e. The van der Waals surface area contributed by atoms with Gasteiger partial charge in [-0.15, -0.1) is 0 Å². The standard InChI is InChI=1S/C36H25N3/c1-20-12-21(2)34(22(3)13-20)27-15-29-28-14-23-8-4-6-10-25(23)17-31(28)39-35(29)33(19-27)38-32-18-26-11-7-5-9-24(26)16-30(32)37-36(38)39/h4-19H,1-3H3. The Morgan fingerprint density at radius 2 is 1.15 bits per heavy atom.